The van der Waals surface area contributed by atoms with Crippen LogP contribution in [0.3, 0.4) is 0 Å². The number of nitrogens with one attached hydrogen (secondary N) is 1. The van der Waals surface area contributed by atoms with Crippen LogP contribution in [-0.4, -0.2) is 37.4 Å². The Balaban J connectivity index is 3.47. The molecule has 0 aliphatic rings. The Morgan fingerprint density at radius 1 is 1.50 bits per heavy atom. The fraction of sp³-hybridized carbons (Fsp3) is 0.900. The molecule has 0 fully saturated rings. The monoisotopic (exact) mass is 203 g/mol. The van der Waals surface area contributed by atoms with E-state index in [0.717, 1.165) is 13.0 Å². The van der Waals surface area contributed by atoms with Gasteiger partial charge in [0.05, 0.1) is 13.7 Å². The summed E-state index contributed by atoms with van der Waals surface area (Å²) in [5.74, 6) is 0.218. The van der Waals surface area contributed by atoms with Crippen molar-refractivity contribution in [3.05, 3.63) is 0 Å². The quantitative estimate of drug-likeness (QED) is 0.468. The van der Waals surface area contributed by atoms with E-state index in [1.165, 1.54) is 7.11 Å². The molecule has 0 saturated heterocycles. The molecule has 84 valence electrons. The van der Waals surface area contributed by atoms with E-state index in [2.05, 4.69) is 10.1 Å². The van der Waals surface area contributed by atoms with Crippen LogP contribution >= 0.6 is 0 Å². The number of ether oxygens (including phenoxy) is 1. The van der Waals surface area contributed by atoms with Gasteiger partial charge in [-0.15, -0.1) is 0 Å². The minimum atomic E-state index is -0.183. The summed E-state index contributed by atoms with van der Waals surface area (Å²) < 4.78 is 4.51. The zero-order valence-corrected chi connectivity index (χ0v) is 9.25. The average Bonchev–Trinajstić information content (AvgIpc) is 2.16. The van der Waals surface area contributed by atoms with Crippen molar-refractivity contribution >= 4 is 5.97 Å². The first-order valence-electron chi connectivity index (χ1n) is 5.02. The molecule has 14 heavy (non-hydrogen) atoms. The topological polar surface area (TPSA) is 58.6 Å². The molecule has 0 radical (unpaired) electrons. The van der Waals surface area contributed by atoms with E-state index in [-0.39, 0.29) is 18.6 Å². The van der Waals surface area contributed by atoms with Crippen molar-refractivity contribution in [3.8, 4) is 0 Å². The number of methoxy groups -OCH3 is 1. The van der Waals surface area contributed by atoms with Crippen molar-refractivity contribution in [2.75, 3.05) is 20.3 Å². The number of aliphatic hydroxyl groups is 1. The van der Waals surface area contributed by atoms with Gasteiger partial charge in [0.15, 0.2) is 0 Å². The summed E-state index contributed by atoms with van der Waals surface area (Å²) in [6, 6.07) is 0.118. The Labute approximate surface area is 85.6 Å². The highest BCUT2D eigenvalue weighted by atomic mass is 16.5. The van der Waals surface area contributed by atoms with Gasteiger partial charge in [0.1, 0.15) is 0 Å². The van der Waals surface area contributed by atoms with Crippen LogP contribution in [0.15, 0.2) is 0 Å². The number of hydrogen-bond acceptors (Lipinski definition) is 4. The van der Waals surface area contributed by atoms with E-state index in [4.69, 9.17) is 5.11 Å². The number of carbonyl (C=O) groups is 1. The molecular weight excluding hydrogens is 182 g/mol. The number of esters is 1. The normalized spacial score (nSPS) is 12.9. The van der Waals surface area contributed by atoms with Crippen LogP contribution in [0.2, 0.25) is 0 Å². The van der Waals surface area contributed by atoms with Gasteiger partial charge < -0.3 is 15.2 Å². The summed E-state index contributed by atoms with van der Waals surface area (Å²) in [5.41, 5.74) is 0. The highest BCUT2D eigenvalue weighted by molar-refractivity contribution is 5.69. The van der Waals surface area contributed by atoms with Crippen molar-refractivity contribution in [2.45, 2.75) is 32.7 Å². The predicted molar refractivity (Wildman–Crippen MR) is 55.0 cm³/mol. The molecule has 0 heterocycles. The summed E-state index contributed by atoms with van der Waals surface area (Å²) >= 11 is 0. The number of hydrogen-bond donors (Lipinski definition) is 2. The Bertz CT molecular complexity index is 159. The third kappa shape index (κ3) is 5.94. The van der Waals surface area contributed by atoms with Gasteiger partial charge in [0.2, 0.25) is 0 Å². The standard InChI is InChI=1S/C10H21NO3/c1-8(2)9(7-12)11-6-4-5-10(13)14-3/h8-9,11-12H,4-7H2,1-3H3. The zero-order valence-electron chi connectivity index (χ0n) is 9.25. The van der Waals surface area contributed by atoms with Gasteiger partial charge in [-0.05, 0) is 18.9 Å². The van der Waals surface area contributed by atoms with Gasteiger partial charge in [0, 0.05) is 12.5 Å². The molecule has 0 rings (SSSR count). The van der Waals surface area contributed by atoms with Gasteiger partial charge in [-0.2, -0.15) is 0 Å². The zero-order chi connectivity index (χ0) is 11.0. The summed E-state index contributed by atoms with van der Waals surface area (Å²) in [6.07, 6.45) is 1.18. The SMILES string of the molecule is COC(=O)CCCNC(CO)C(C)C. The molecular formula is C10H21NO3. The predicted octanol–water partition coefficient (Wildman–Crippen LogP) is 0.546. The lowest BCUT2D eigenvalue weighted by atomic mass is 10.1. The average molecular weight is 203 g/mol. The van der Waals surface area contributed by atoms with Crippen LogP contribution in [0.4, 0.5) is 0 Å². The first-order chi connectivity index (χ1) is 6.61. The van der Waals surface area contributed by atoms with Gasteiger partial charge in [-0.1, -0.05) is 13.8 Å². The molecule has 0 saturated carbocycles. The van der Waals surface area contributed by atoms with Crippen molar-refractivity contribution in [1.82, 2.24) is 5.32 Å². The van der Waals surface area contributed by atoms with E-state index in [9.17, 15) is 4.79 Å². The maximum Gasteiger partial charge on any atom is 0.305 e. The Morgan fingerprint density at radius 3 is 2.57 bits per heavy atom. The molecule has 0 amide bonds. The molecule has 1 unspecified atom stereocenters. The maximum atomic E-state index is 10.8. The third-order valence-corrected chi connectivity index (χ3v) is 2.19. The highest BCUT2D eigenvalue weighted by Gasteiger charge is 2.10. The molecule has 0 aromatic heterocycles. The second-order valence-corrected chi connectivity index (χ2v) is 3.67. The third-order valence-electron chi connectivity index (χ3n) is 2.19. The molecule has 4 heteroatoms. The first kappa shape index (κ1) is 13.4. The molecule has 0 aromatic carbocycles. The lowest BCUT2D eigenvalue weighted by molar-refractivity contribution is -0.140. The van der Waals surface area contributed by atoms with Crippen molar-refractivity contribution < 1.29 is 14.6 Å². The summed E-state index contributed by atoms with van der Waals surface area (Å²) in [4.78, 5) is 10.8. The van der Waals surface area contributed by atoms with E-state index in [0.29, 0.717) is 12.3 Å². The van der Waals surface area contributed by atoms with Crippen molar-refractivity contribution in [3.63, 3.8) is 0 Å². The molecule has 0 aliphatic heterocycles. The molecule has 0 bridgehead atoms. The van der Waals surface area contributed by atoms with Gasteiger partial charge >= 0.3 is 5.97 Å². The van der Waals surface area contributed by atoms with Crippen LogP contribution in [0.25, 0.3) is 0 Å². The largest absolute Gasteiger partial charge is 0.469 e. The Hall–Kier alpha value is -0.610. The molecule has 1 atom stereocenters. The minimum Gasteiger partial charge on any atom is -0.469 e. The van der Waals surface area contributed by atoms with Gasteiger partial charge in [-0.25, -0.2) is 0 Å². The summed E-state index contributed by atoms with van der Waals surface area (Å²) in [6.45, 7) is 4.97. The number of carbonyl (C=O) groups excluding carboxylic acids is 1. The summed E-state index contributed by atoms with van der Waals surface area (Å²) in [5, 5.41) is 12.2. The number of rotatable bonds is 7. The van der Waals surface area contributed by atoms with E-state index in [1.54, 1.807) is 0 Å². The highest BCUT2D eigenvalue weighted by Crippen LogP contribution is 2.00. The lowest BCUT2D eigenvalue weighted by Gasteiger charge is -2.19. The van der Waals surface area contributed by atoms with Gasteiger partial charge in [-0.3, -0.25) is 4.79 Å². The summed E-state index contributed by atoms with van der Waals surface area (Å²) in [7, 11) is 1.39. The molecule has 2 N–H and O–H groups in total. The van der Waals surface area contributed by atoms with E-state index >= 15 is 0 Å². The Morgan fingerprint density at radius 2 is 2.14 bits per heavy atom. The van der Waals surface area contributed by atoms with Crippen molar-refractivity contribution in [2.24, 2.45) is 5.92 Å². The molecule has 0 spiro atoms. The number of aliphatic hydroxyl groups excluding tert-OH is 1. The van der Waals surface area contributed by atoms with Crippen LogP contribution in [0.1, 0.15) is 26.7 Å². The fourth-order valence-corrected chi connectivity index (χ4v) is 1.13. The van der Waals surface area contributed by atoms with Crippen LogP contribution in [0.5, 0.6) is 0 Å². The van der Waals surface area contributed by atoms with E-state index in [1.807, 2.05) is 13.8 Å². The maximum absolute atomic E-state index is 10.8. The van der Waals surface area contributed by atoms with E-state index < -0.39 is 0 Å². The molecule has 4 nitrogen and oxygen atoms in total. The Kier molecular flexibility index (Phi) is 7.42. The second-order valence-electron chi connectivity index (χ2n) is 3.67. The van der Waals surface area contributed by atoms with Gasteiger partial charge in [0.25, 0.3) is 0 Å². The van der Waals surface area contributed by atoms with Crippen LogP contribution in [0, 0.1) is 5.92 Å². The smallest absolute Gasteiger partial charge is 0.305 e. The van der Waals surface area contributed by atoms with Crippen molar-refractivity contribution in [1.29, 1.82) is 0 Å². The fourth-order valence-electron chi connectivity index (χ4n) is 1.13. The minimum absolute atomic E-state index is 0.118. The van der Waals surface area contributed by atoms with Crippen LogP contribution in [-0.2, 0) is 9.53 Å². The molecule has 0 aliphatic carbocycles. The second kappa shape index (κ2) is 7.76. The first-order valence-corrected chi connectivity index (χ1v) is 5.02. The molecule has 0 aromatic rings. The van der Waals surface area contributed by atoms with Crippen LogP contribution < -0.4 is 5.32 Å². The lowest BCUT2D eigenvalue weighted by Crippen LogP contribution is -2.37.